The molecule has 1 rings (SSSR count). The van der Waals surface area contributed by atoms with Crippen LogP contribution in [-0.2, 0) is 9.53 Å². The molecule has 0 heterocycles. The predicted octanol–water partition coefficient (Wildman–Crippen LogP) is 2.82. The van der Waals surface area contributed by atoms with Gasteiger partial charge in [-0.25, -0.2) is 0 Å². The lowest BCUT2D eigenvalue weighted by Crippen LogP contribution is -2.10. The van der Waals surface area contributed by atoms with E-state index in [-0.39, 0.29) is 0 Å². The van der Waals surface area contributed by atoms with E-state index in [4.69, 9.17) is 10.5 Å². The number of allylic oxidation sites excluding steroid dienone is 4. The Morgan fingerprint density at radius 3 is 2.45 bits per heavy atom. The first-order valence-electron chi connectivity index (χ1n) is 6.07. The molecule has 4 heteroatoms. The summed E-state index contributed by atoms with van der Waals surface area (Å²) >= 11 is 0. The molecule has 1 amide bonds. The number of carbonyl (C=O) groups excluding carboxylic acids is 2. The van der Waals surface area contributed by atoms with Crippen LogP contribution in [0.25, 0.3) is 5.57 Å². The van der Waals surface area contributed by atoms with Crippen molar-refractivity contribution in [2.24, 2.45) is 5.73 Å². The maximum absolute atomic E-state index is 11.2. The monoisotopic (exact) mass is 271 g/mol. The minimum absolute atomic E-state index is 0.343. The zero-order valence-corrected chi connectivity index (χ0v) is 11.6. The van der Waals surface area contributed by atoms with Gasteiger partial charge in [0.2, 0.25) is 5.91 Å². The number of esters is 1. The number of ether oxygens (including phenoxy) is 1. The Hall–Kier alpha value is -2.62. The van der Waals surface area contributed by atoms with Crippen LogP contribution >= 0.6 is 0 Å². The van der Waals surface area contributed by atoms with Gasteiger partial charge in [-0.3, -0.25) is 9.59 Å². The van der Waals surface area contributed by atoms with E-state index in [1.54, 1.807) is 24.3 Å². The van der Waals surface area contributed by atoms with Crippen LogP contribution in [0, 0.1) is 0 Å². The van der Waals surface area contributed by atoms with E-state index in [9.17, 15) is 9.59 Å². The summed E-state index contributed by atoms with van der Waals surface area (Å²) in [7, 11) is 0. The number of carbonyl (C=O) groups is 2. The third kappa shape index (κ3) is 4.24. The van der Waals surface area contributed by atoms with Crippen LogP contribution in [0.15, 0.2) is 54.8 Å². The number of benzene rings is 1. The summed E-state index contributed by atoms with van der Waals surface area (Å²) in [6.07, 6.45) is 4.96. The van der Waals surface area contributed by atoms with Crippen LogP contribution in [0.2, 0.25) is 0 Å². The van der Waals surface area contributed by atoms with Crippen LogP contribution in [-0.4, -0.2) is 11.9 Å². The summed E-state index contributed by atoms with van der Waals surface area (Å²) in [6.45, 7) is 6.76. The minimum atomic E-state index is -0.491. The van der Waals surface area contributed by atoms with Gasteiger partial charge in [-0.1, -0.05) is 24.8 Å². The second-order valence-electron chi connectivity index (χ2n) is 4.03. The van der Waals surface area contributed by atoms with Crippen molar-refractivity contribution in [3.8, 4) is 0 Å². The molecule has 20 heavy (non-hydrogen) atoms. The third-order valence-electron chi connectivity index (χ3n) is 2.55. The van der Waals surface area contributed by atoms with Crippen molar-refractivity contribution in [1.29, 1.82) is 0 Å². The molecule has 0 aromatic heterocycles. The molecule has 0 unspecified atom stereocenters. The summed E-state index contributed by atoms with van der Waals surface area (Å²) in [5.74, 6) is -0.567. The van der Waals surface area contributed by atoms with Gasteiger partial charge < -0.3 is 10.5 Å². The smallest absolute Gasteiger partial charge is 0.308 e. The molecule has 0 aliphatic rings. The number of hydrogen-bond acceptors (Lipinski definition) is 3. The van der Waals surface area contributed by atoms with Crippen molar-refractivity contribution in [3.63, 3.8) is 0 Å². The SMILES string of the molecule is C=C/C(=C\C(=C/C)c1cccc(C(N)=O)c1)OC(C)=O. The van der Waals surface area contributed by atoms with Crippen molar-refractivity contribution >= 4 is 17.4 Å². The lowest BCUT2D eigenvalue weighted by atomic mass is 10.0. The summed E-state index contributed by atoms with van der Waals surface area (Å²) in [6, 6.07) is 6.91. The molecule has 1 aromatic carbocycles. The van der Waals surface area contributed by atoms with Gasteiger partial charge in [0.15, 0.2) is 0 Å². The lowest BCUT2D eigenvalue weighted by Gasteiger charge is -2.07. The molecular formula is C16H17NO3. The molecule has 0 bridgehead atoms. The summed E-state index contributed by atoms with van der Waals surface area (Å²) in [5.41, 5.74) is 7.27. The summed E-state index contributed by atoms with van der Waals surface area (Å²) in [5, 5.41) is 0. The summed E-state index contributed by atoms with van der Waals surface area (Å²) < 4.78 is 5.00. The predicted molar refractivity (Wildman–Crippen MR) is 78.7 cm³/mol. The van der Waals surface area contributed by atoms with E-state index in [0.29, 0.717) is 11.3 Å². The zero-order chi connectivity index (χ0) is 15.1. The van der Waals surface area contributed by atoms with Crippen LogP contribution < -0.4 is 5.73 Å². The van der Waals surface area contributed by atoms with Gasteiger partial charge in [0, 0.05) is 12.5 Å². The first-order valence-corrected chi connectivity index (χ1v) is 6.07. The molecule has 0 radical (unpaired) electrons. The molecule has 0 aliphatic carbocycles. The van der Waals surface area contributed by atoms with Crippen molar-refractivity contribution < 1.29 is 14.3 Å². The van der Waals surface area contributed by atoms with Crippen molar-refractivity contribution in [2.75, 3.05) is 0 Å². The second-order valence-corrected chi connectivity index (χ2v) is 4.03. The van der Waals surface area contributed by atoms with Crippen LogP contribution in [0.3, 0.4) is 0 Å². The Balaban J connectivity index is 3.17. The van der Waals surface area contributed by atoms with Crippen LogP contribution in [0.5, 0.6) is 0 Å². The van der Waals surface area contributed by atoms with E-state index in [1.165, 1.54) is 13.0 Å². The average Bonchev–Trinajstić information content (AvgIpc) is 2.43. The van der Waals surface area contributed by atoms with E-state index >= 15 is 0 Å². The van der Waals surface area contributed by atoms with Gasteiger partial charge in [-0.15, -0.1) is 0 Å². The Labute approximate surface area is 118 Å². The van der Waals surface area contributed by atoms with E-state index < -0.39 is 11.9 Å². The highest BCUT2D eigenvalue weighted by Gasteiger charge is 2.05. The van der Waals surface area contributed by atoms with Gasteiger partial charge in [0.1, 0.15) is 5.76 Å². The van der Waals surface area contributed by atoms with E-state index in [2.05, 4.69) is 6.58 Å². The molecule has 0 spiro atoms. The average molecular weight is 271 g/mol. The first-order chi connectivity index (χ1) is 9.47. The summed E-state index contributed by atoms with van der Waals surface area (Å²) in [4.78, 5) is 22.2. The van der Waals surface area contributed by atoms with Gasteiger partial charge in [0.25, 0.3) is 0 Å². The number of nitrogens with two attached hydrogens (primary N) is 1. The molecule has 0 fully saturated rings. The highest BCUT2D eigenvalue weighted by Crippen LogP contribution is 2.19. The number of rotatable bonds is 5. The maximum Gasteiger partial charge on any atom is 0.308 e. The Kier molecular flexibility index (Phi) is 5.47. The zero-order valence-electron chi connectivity index (χ0n) is 11.6. The van der Waals surface area contributed by atoms with Crippen molar-refractivity contribution in [1.82, 2.24) is 0 Å². The molecule has 0 saturated carbocycles. The highest BCUT2D eigenvalue weighted by atomic mass is 16.5. The first kappa shape index (κ1) is 15.4. The minimum Gasteiger partial charge on any atom is -0.427 e. The van der Waals surface area contributed by atoms with E-state index in [1.807, 2.05) is 19.1 Å². The molecule has 104 valence electrons. The highest BCUT2D eigenvalue weighted by molar-refractivity contribution is 5.94. The fourth-order valence-electron chi connectivity index (χ4n) is 1.63. The normalized spacial score (nSPS) is 11.9. The Morgan fingerprint density at radius 1 is 1.30 bits per heavy atom. The standard InChI is InChI=1S/C16H17NO3/c1-4-12(10-15(5-2)20-11(3)18)13-7-6-8-14(9-13)16(17)19/h4-10H,2H2,1,3H3,(H2,17,19)/b12-4+,15-10+. The number of amides is 1. The van der Waals surface area contributed by atoms with Crippen molar-refractivity contribution in [3.05, 3.63) is 66.0 Å². The molecule has 0 saturated heterocycles. The molecule has 1 aromatic rings. The molecule has 2 N–H and O–H groups in total. The molecule has 0 aliphatic heterocycles. The topological polar surface area (TPSA) is 69.4 Å². The van der Waals surface area contributed by atoms with Crippen LogP contribution in [0.4, 0.5) is 0 Å². The third-order valence-corrected chi connectivity index (χ3v) is 2.55. The van der Waals surface area contributed by atoms with E-state index in [0.717, 1.165) is 11.1 Å². The fraction of sp³-hybridized carbons (Fsp3) is 0.125. The van der Waals surface area contributed by atoms with Crippen molar-refractivity contribution in [2.45, 2.75) is 13.8 Å². The quantitative estimate of drug-likeness (QED) is 0.508. The molecule has 0 atom stereocenters. The van der Waals surface area contributed by atoms with Gasteiger partial charge in [0.05, 0.1) is 0 Å². The lowest BCUT2D eigenvalue weighted by molar-refractivity contribution is -0.136. The fourth-order valence-corrected chi connectivity index (χ4v) is 1.63. The Bertz CT molecular complexity index is 597. The molecule has 4 nitrogen and oxygen atoms in total. The number of primary amides is 1. The van der Waals surface area contributed by atoms with Gasteiger partial charge in [-0.2, -0.15) is 0 Å². The maximum atomic E-state index is 11.2. The van der Waals surface area contributed by atoms with Crippen LogP contribution in [0.1, 0.15) is 29.8 Å². The largest absolute Gasteiger partial charge is 0.427 e. The van der Waals surface area contributed by atoms with Gasteiger partial charge in [-0.05, 0) is 42.3 Å². The molecular weight excluding hydrogens is 254 g/mol. The second kappa shape index (κ2) is 7.09. The Morgan fingerprint density at radius 2 is 1.95 bits per heavy atom. The van der Waals surface area contributed by atoms with Gasteiger partial charge >= 0.3 is 5.97 Å². The number of hydrogen-bond donors (Lipinski definition) is 1.